The maximum Gasteiger partial charge on any atom is 0.290 e. The number of carbonyl (C=O) groups is 2. The van der Waals surface area contributed by atoms with E-state index < -0.39 is 6.04 Å². The summed E-state index contributed by atoms with van der Waals surface area (Å²) in [6, 6.07) is 16.1. The van der Waals surface area contributed by atoms with Crippen molar-refractivity contribution in [3.05, 3.63) is 83.3 Å². The van der Waals surface area contributed by atoms with E-state index in [2.05, 4.69) is 11.4 Å². The molecule has 1 saturated carbocycles. The largest absolute Gasteiger partial charge is 0.493 e. The van der Waals surface area contributed by atoms with Gasteiger partial charge in [-0.3, -0.25) is 9.59 Å². The highest BCUT2D eigenvalue weighted by atomic mass is 16.5. The van der Waals surface area contributed by atoms with Crippen LogP contribution in [-0.4, -0.2) is 43.5 Å². The van der Waals surface area contributed by atoms with Gasteiger partial charge in [0.05, 0.1) is 20.5 Å². The number of benzene rings is 2. The average Bonchev–Trinajstić information content (AvgIpc) is 3.60. The Hall–Kier alpha value is -3.74. The molecule has 7 nitrogen and oxygen atoms in total. The zero-order chi connectivity index (χ0) is 25.5. The lowest BCUT2D eigenvalue weighted by atomic mass is 10.0. The second-order valence-electron chi connectivity index (χ2n) is 9.22. The van der Waals surface area contributed by atoms with Gasteiger partial charge in [-0.15, -0.1) is 0 Å². The van der Waals surface area contributed by atoms with Gasteiger partial charge in [0.1, 0.15) is 6.04 Å². The SMILES string of the molecule is COc1ccc([C@@H](C(=O)NC2CCCC2)N(CCc2cccc(C)c2)C(=O)c2ccco2)cc1OC. The average molecular weight is 491 g/mol. The Morgan fingerprint density at radius 1 is 1.03 bits per heavy atom. The van der Waals surface area contributed by atoms with Crippen LogP contribution in [0.1, 0.15) is 59.0 Å². The van der Waals surface area contributed by atoms with Gasteiger partial charge in [-0.05, 0) is 61.6 Å². The van der Waals surface area contributed by atoms with Gasteiger partial charge in [0, 0.05) is 12.6 Å². The molecule has 0 saturated heterocycles. The van der Waals surface area contributed by atoms with Crippen molar-refractivity contribution < 1.29 is 23.5 Å². The van der Waals surface area contributed by atoms with Crippen LogP contribution < -0.4 is 14.8 Å². The van der Waals surface area contributed by atoms with Crippen molar-refractivity contribution in [3.63, 3.8) is 0 Å². The van der Waals surface area contributed by atoms with E-state index in [4.69, 9.17) is 13.9 Å². The van der Waals surface area contributed by atoms with E-state index in [1.54, 1.807) is 43.4 Å². The Morgan fingerprint density at radius 2 is 1.81 bits per heavy atom. The Morgan fingerprint density at radius 3 is 2.47 bits per heavy atom. The zero-order valence-electron chi connectivity index (χ0n) is 21.2. The molecule has 0 bridgehead atoms. The molecule has 0 radical (unpaired) electrons. The second-order valence-corrected chi connectivity index (χ2v) is 9.22. The highest BCUT2D eigenvalue weighted by Crippen LogP contribution is 2.33. The number of nitrogens with one attached hydrogen (secondary N) is 1. The third-order valence-electron chi connectivity index (χ3n) is 6.70. The summed E-state index contributed by atoms with van der Waals surface area (Å²) >= 11 is 0. The van der Waals surface area contributed by atoms with E-state index in [9.17, 15) is 9.59 Å². The van der Waals surface area contributed by atoms with Crippen molar-refractivity contribution in [1.29, 1.82) is 0 Å². The second kappa shape index (κ2) is 11.8. The smallest absolute Gasteiger partial charge is 0.290 e. The molecule has 0 aliphatic heterocycles. The number of rotatable bonds is 10. The van der Waals surface area contributed by atoms with Crippen LogP contribution in [-0.2, 0) is 11.2 Å². The Labute approximate surface area is 212 Å². The van der Waals surface area contributed by atoms with Gasteiger partial charge in [-0.25, -0.2) is 0 Å². The predicted molar refractivity (Wildman–Crippen MR) is 137 cm³/mol. The molecular weight excluding hydrogens is 456 g/mol. The lowest BCUT2D eigenvalue weighted by Gasteiger charge is -2.32. The number of carbonyl (C=O) groups excluding carboxylic acids is 2. The number of furan rings is 1. The normalized spacial score (nSPS) is 14.3. The molecule has 1 aromatic heterocycles. The maximum absolute atomic E-state index is 13.8. The predicted octanol–water partition coefficient (Wildman–Crippen LogP) is 5.09. The maximum atomic E-state index is 13.8. The fourth-order valence-electron chi connectivity index (χ4n) is 4.85. The first kappa shape index (κ1) is 25.4. The molecule has 2 aromatic carbocycles. The lowest BCUT2D eigenvalue weighted by Crippen LogP contribution is -2.46. The minimum Gasteiger partial charge on any atom is -0.493 e. The van der Waals surface area contributed by atoms with Gasteiger partial charge in [0.25, 0.3) is 5.91 Å². The highest BCUT2D eigenvalue weighted by Gasteiger charge is 2.35. The van der Waals surface area contributed by atoms with Crippen LogP contribution in [0.3, 0.4) is 0 Å². The molecule has 4 rings (SSSR count). The summed E-state index contributed by atoms with van der Waals surface area (Å²) in [5, 5.41) is 3.20. The molecule has 2 amide bonds. The van der Waals surface area contributed by atoms with Crippen molar-refractivity contribution in [2.45, 2.75) is 51.1 Å². The summed E-state index contributed by atoms with van der Waals surface area (Å²) in [5.74, 6) is 0.697. The first-order chi connectivity index (χ1) is 17.5. The van der Waals surface area contributed by atoms with Crippen LogP contribution in [0, 0.1) is 6.92 Å². The van der Waals surface area contributed by atoms with Gasteiger partial charge in [0.15, 0.2) is 17.3 Å². The summed E-state index contributed by atoms with van der Waals surface area (Å²) in [6.07, 6.45) is 6.13. The Balaban J connectivity index is 1.73. The van der Waals surface area contributed by atoms with Crippen LogP contribution in [0.5, 0.6) is 11.5 Å². The quantitative estimate of drug-likeness (QED) is 0.428. The first-order valence-electron chi connectivity index (χ1n) is 12.4. The number of hydrogen-bond donors (Lipinski definition) is 1. The number of aryl methyl sites for hydroxylation is 1. The van der Waals surface area contributed by atoms with Gasteiger partial charge in [-0.2, -0.15) is 0 Å². The molecule has 1 N–H and O–H groups in total. The minimum absolute atomic E-state index is 0.109. The van der Waals surface area contributed by atoms with E-state index in [1.165, 1.54) is 6.26 Å². The van der Waals surface area contributed by atoms with Gasteiger partial charge in [0.2, 0.25) is 5.91 Å². The summed E-state index contributed by atoms with van der Waals surface area (Å²) in [6.45, 7) is 2.37. The van der Waals surface area contributed by atoms with E-state index in [1.807, 2.05) is 31.2 Å². The van der Waals surface area contributed by atoms with Crippen molar-refractivity contribution in [1.82, 2.24) is 10.2 Å². The summed E-state index contributed by atoms with van der Waals surface area (Å²) < 4.78 is 16.4. The molecule has 0 spiro atoms. The number of nitrogens with zero attached hydrogens (tertiary/aromatic N) is 1. The topological polar surface area (TPSA) is 81.0 Å². The van der Waals surface area contributed by atoms with Crippen LogP contribution in [0.25, 0.3) is 0 Å². The molecule has 1 fully saturated rings. The minimum atomic E-state index is -0.868. The Bertz CT molecular complexity index is 1170. The van der Waals surface area contributed by atoms with Crippen molar-refractivity contribution in [2.75, 3.05) is 20.8 Å². The molecule has 1 heterocycles. The number of ether oxygens (including phenoxy) is 2. The first-order valence-corrected chi connectivity index (χ1v) is 12.4. The highest BCUT2D eigenvalue weighted by molar-refractivity contribution is 5.96. The van der Waals surface area contributed by atoms with Crippen LogP contribution in [0.15, 0.2) is 65.3 Å². The van der Waals surface area contributed by atoms with E-state index in [0.717, 1.165) is 36.8 Å². The fourth-order valence-corrected chi connectivity index (χ4v) is 4.85. The molecule has 3 aromatic rings. The summed E-state index contributed by atoms with van der Waals surface area (Å²) in [5.41, 5.74) is 2.88. The van der Waals surface area contributed by atoms with E-state index >= 15 is 0 Å². The molecule has 190 valence electrons. The molecule has 1 aliphatic carbocycles. The fraction of sp³-hybridized carbons (Fsp3) is 0.379. The summed E-state index contributed by atoms with van der Waals surface area (Å²) in [4.78, 5) is 29.2. The summed E-state index contributed by atoms with van der Waals surface area (Å²) in [7, 11) is 3.12. The van der Waals surface area contributed by atoms with Gasteiger partial charge in [-0.1, -0.05) is 48.7 Å². The lowest BCUT2D eigenvalue weighted by molar-refractivity contribution is -0.126. The van der Waals surface area contributed by atoms with Crippen molar-refractivity contribution in [3.8, 4) is 11.5 Å². The van der Waals surface area contributed by atoms with E-state index in [-0.39, 0.29) is 23.6 Å². The van der Waals surface area contributed by atoms with Gasteiger partial charge >= 0.3 is 0 Å². The van der Waals surface area contributed by atoms with E-state index in [0.29, 0.717) is 30.0 Å². The molecule has 1 aliphatic rings. The van der Waals surface area contributed by atoms with Crippen LogP contribution in [0.4, 0.5) is 0 Å². The van der Waals surface area contributed by atoms with Crippen LogP contribution in [0.2, 0.25) is 0 Å². The molecule has 1 atom stereocenters. The standard InChI is InChI=1S/C29H34N2O5/c1-20-8-6-9-21(18-20)15-16-31(29(33)25-12-7-17-36-25)27(28(32)30-23-10-4-5-11-23)22-13-14-24(34-2)26(19-22)35-3/h6-9,12-14,17-19,23,27H,4-5,10-11,15-16H2,1-3H3,(H,30,32)/t27-/m0/s1. The Kier molecular flexibility index (Phi) is 8.31. The number of hydrogen-bond acceptors (Lipinski definition) is 5. The molecule has 7 heteroatoms. The zero-order valence-corrected chi connectivity index (χ0v) is 21.2. The monoisotopic (exact) mass is 490 g/mol. The van der Waals surface area contributed by atoms with Crippen molar-refractivity contribution >= 4 is 11.8 Å². The van der Waals surface area contributed by atoms with Gasteiger partial charge < -0.3 is 24.1 Å². The molecule has 0 unspecified atom stereocenters. The number of amides is 2. The molecule has 36 heavy (non-hydrogen) atoms. The van der Waals surface area contributed by atoms with Crippen LogP contribution >= 0.6 is 0 Å². The third kappa shape index (κ3) is 5.90. The molecular formula is C29H34N2O5. The third-order valence-corrected chi connectivity index (χ3v) is 6.70. The van der Waals surface area contributed by atoms with Crippen molar-refractivity contribution in [2.24, 2.45) is 0 Å². The number of methoxy groups -OCH3 is 2.